The minimum Gasteiger partial charge on any atom is -0.387 e. The molecule has 2 aromatic heterocycles. The number of hydrogen-bond donors (Lipinski definition) is 1. The number of fused-ring (bicyclic) bond motifs is 1. The minimum atomic E-state index is -0.570. The molecule has 0 saturated carbocycles. The lowest BCUT2D eigenvalue weighted by molar-refractivity contribution is 0.194. The van der Waals surface area contributed by atoms with E-state index < -0.39 is 6.10 Å². The second-order valence-electron chi connectivity index (χ2n) is 5.75. The summed E-state index contributed by atoms with van der Waals surface area (Å²) < 4.78 is 1.97. The van der Waals surface area contributed by atoms with Crippen LogP contribution in [0.1, 0.15) is 35.4 Å². The fourth-order valence-electron chi connectivity index (χ4n) is 2.67. The molecular weight excluding hydrogens is 260 g/mol. The number of imidazole rings is 1. The third-order valence-electron chi connectivity index (χ3n) is 3.99. The van der Waals surface area contributed by atoms with Gasteiger partial charge in [0.2, 0.25) is 0 Å². The smallest absolute Gasteiger partial charge is 0.138 e. The predicted molar refractivity (Wildman–Crippen MR) is 85.5 cm³/mol. The molecule has 0 amide bonds. The summed E-state index contributed by atoms with van der Waals surface area (Å²) >= 11 is 0. The maximum absolute atomic E-state index is 10.2. The highest BCUT2D eigenvalue weighted by Gasteiger charge is 2.18. The van der Waals surface area contributed by atoms with E-state index in [4.69, 9.17) is 4.98 Å². The first-order chi connectivity index (χ1) is 9.97. The Labute approximate surface area is 124 Å². The molecule has 3 nitrogen and oxygen atoms in total. The molecule has 0 saturated heterocycles. The number of rotatable bonds is 2. The van der Waals surface area contributed by atoms with E-state index in [9.17, 15) is 5.11 Å². The molecule has 0 bridgehead atoms. The van der Waals surface area contributed by atoms with Crippen LogP contribution in [-0.2, 0) is 0 Å². The van der Waals surface area contributed by atoms with Gasteiger partial charge in [0, 0.05) is 11.8 Å². The van der Waals surface area contributed by atoms with Gasteiger partial charge >= 0.3 is 0 Å². The van der Waals surface area contributed by atoms with Crippen molar-refractivity contribution in [3.8, 4) is 11.3 Å². The topological polar surface area (TPSA) is 37.5 Å². The molecule has 2 heterocycles. The highest BCUT2D eigenvalue weighted by molar-refractivity contribution is 5.68. The van der Waals surface area contributed by atoms with Crippen LogP contribution in [0.4, 0.5) is 0 Å². The van der Waals surface area contributed by atoms with Crippen LogP contribution in [0, 0.1) is 20.8 Å². The van der Waals surface area contributed by atoms with Crippen LogP contribution < -0.4 is 0 Å². The SMILES string of the molecule is Cc1ccn2c(C(C)O)c(-c3ccc(C)c(C)c3)nc2c1. The normalized spacial score (nSPS) is 12.8. The average Bonchev–Trinajstić information content (AvgIpc) is 2.80. The summed E-state index contributed by atoms with van der Waals surface area (Å²) in [6.45, 7) is 8.03. The second kappa shape index (κ2) is 5.01. The highest BCUT2D eigenvalue weighted by atomic mass is 16.3. The zero-order valence-electron chi connectivity index (χ0n) is 12.9. The van der Waals surface area contributed by atoms with Gasteiger partial charge in [-0.05, 0) is 62.6 Å². The zero-order chi connectivity index (χ0) is 15.1. The molecule has 3 aromatic rings. The first-order valence-corrected chi connectivity index (χ1v) is 7.21. The number of benzene rings is 1. The molecule has 0 aliphatic heterocycles. The van der Waals surface area contributed by atoms with Gasteiger partial charge in [0.25, 0.3) is 0 Å². The van der Waals surface area contributed by atoms with Crippen molar-refractivity contribution >= 4 is 5.65 Å². The van der Waals surface area contributed by atoms with E-state index in [0.717, 1.165) is 28.2 Å². The number of nitrogens with zero attached hydrogens (tertiary/aromatic N) is 2. The van der Waals surface area contributed by atoms with E-state index in [0.29, 0.717) is 0 Å². The summed E-state index contributed by atoms with van der Waals surface area (Å²) in [6, 6.07) is 10.4. The maximum Gasteiger partial charge on any atom is 0.138 e. The van der Waals surface area contributed by atoms with E-state index in [2.05, 4.69) is 32.0 Å². The van der Waals surface area contributed by atoms with Gasteiger partial charge in [0.15, 0.2) is 0 Å². The molecule has 1 atom stereocenters. The van der Waals surface area contributed by atoms with Gasteiger partial charge in [-0.1, -0.05) is 12.1 Å². The van der Waals surface area contributed by atoms with Crippen molar-refractivity contribution in [3.05, 3.63) is 58.9 Å². The van der Waals surface area contributed by atoms with Crippen LogP contribution in [-0.4, -0.2) is 14.5 Å². The van der Waals surface area contributed by atoms with Crippen molar-refractivity contribution in [1.82, 2.24) is 9.38 Å². The van der Waals surface area contributed by atoms with Crippen molar-refractivity contribution < 1.29 is 5.11 Å². The molecule has 3 heteroatoms. The first-order valence-electron chi connectivity index (χ1n) is 7.21. The Kier molecular flexibility index (Phi) is 3.30. The Bertz CT molecular complexity index is 815. The standard InChI is InChI=1S/C18H20N2O/c1-11-7-8-20-16(9-11)19-17(18(20)14(4)21)15-6-5-12(2)13(3)10-15/h5-10,14,21H,1-4H3. The van der Waals surface area contributed by atoms with Crippen LogP contribution in [0.15, 0.2) is 36.5 Å². The highest BCUT2D eigenvalue weighted by Crippen LogP contribution is 2.30. The van der Waals surface area contributed by atoms with Crippen molar-refractivity contribution in [2.45, 2.75) is 33.8 Å². The Morgan fingerprint density at radius 1 is 1.05 bits per heavy atom. The van der Waals surface area contributed by atoms with Crippen LogP contribution in [0.25, 0.3) is 16.9 Å². The molecule has 0 aliphatic rings. The summed E-state index contributed by atoms with van der Waals surface area (Å²) in [6.07, 6.45) is 1.41. The van der Waals surface area contributed by atoms with E-state index in [1.807, 2.05) is 29.7 Å². The van der Waals surface area contributed by atoms with Gasteiger partial charge in [-0.3, -0.25) is 0 Å². The summed E-state index contributed by atoms with van der Waals surface area (Å²) in [5.74, 6) is 0. The van der Waals surface area contributed by atoms with Crippen LogP contribution in [0.2, 0.25) is 0 Å². The van der Waals surface area contributed by atoms with E-state index in [1.54, 1.807) is 6.92 Å². The average molecular weight is 280 g/mol. The third-order valence-corrected chi connectivity index (χ3v) is 3.99. The summed E-state index contributed by atoms with van der Waals surface area (Å²) in [5.41, 5.74) is 7.28. The quantitative estimate of drug-likeness (QED) is 0.771. The van der Waals surface area contributed by atoms with Crippen molar-refractivity contribution in [1.29, 1.82) is 0 Å². The van der Waals surface area contributed by atoms with Crippen molar-refractivity contribution in [2.24, 2.45) is 0 Å². The summed E-state index contributed by atoms with van der Waals surface area (Å²) in [7, 11) is 0. The lowest BCUT2D eigenvalue weighted by atomic mass is 10.0. The molecule has 108 valence electrons. The molecule has 21 heavy (non-hydrogen) atoms. The molecule has 0 aliphatic carbocycles. The Hall–Kier alpha value is -2.13. The number of aromatic nitrogens is 2. The largest absolute Gasteiger partial charge is 0.387 e. The Balaban J connectivity index is 2.30. The van der Waals surface area contributed by atoms with Gasteiger partial charge < -0.3 is 9.51 Å². The number of aliphatic hydroxyl groups excluding tert-OH is 1. The Morgan fingerprint density at radius 3 is 2.48 bits per heavy atom. The zero-order valence-corrected chi connectivity index (χ0v) is 12.9. The monoisotopic (exact) mass is 280 g/mol. The summed E-state index contributed by atoms with van der Waals surface area (Å²) in [5, 5.41) is 10.2. The number of aryl methyl sites for hydroxylation is 3. The molecular formula is C18H20N2O. The minimum absolute atomic E-state index is 0.570. The van der Waals surface area contributed by atoms with Gasteiger partial charge in [-0.15, -0.1) is 0 Å². The van der Waals surface area contributed by atoms with Crippen LogP contribution in [0.5, 0.6) is 0 Å². The molecule has 0 fully saturated rings. The summed E-state index contributed by atoms with van der Waals surface area (Å²) in [4.78, 5) is 4.74. The lowest BCUT2D eigenvalue weighted by Gasteiger charge is -2.09. The molecule has 0 radical (unpaired) electrons. The van der Waals surface area contributed by atoms with Crippen molar-refractivity contribution in [2.75, 3.05) is 0 Å². The predicted octanol–water partition coefficient (Wildman–Crippen LogP) is 3.98. The number of aliphatic hydroxyl groups is 1. The van der Waals surface area contributed by atoms with Crippen LogP contribution >= 0.6 is 0 Å². The molecule has 0 spiro atoms. The maximum atomic E-state index is 10.2. The van der Waals surface area contributed by atoms with Gasteiger partial charge in [-0.2, -0.15) is 0 Å². The van der Waals surface area contributed by atoms with Gasteiger partial charge in [-0.25, -0.2) is 4.98 Å². The first kappa shape index (κ1) is 13.8. The van der Waals surface area contributed by atoms with Crippen molar-refractivity contribution in [3.63, 3.8) is 0 Å². The lowest BCUT2D eigenvalue weighted by Crippen LogP contribution is -1.99. The van der Waals surface area contributed by atoms with E-state index >= 15 is 0 Å². The molecule has 1 N–H and O–H groups in total. The molecule has 1 aromatic carbocycles. The molecule has 1 unspecified atom stereocenters. The number of pyridine rings is 1. The van der Waals surface area contributed by atoms with Gasteiger partial charge in [0.1, 0.15) is 5.65 Å². The van der Waals surface area contributed by atoms with Gasteiger partial charge in [0.05, 0.1) is 17.5 Å². The van der Waals surface area contributed by atoms with E-state index in [-0.39, 0.29) is 0 Å². The third kappa shape index (κ3) is 2.34. The molecule has 3 rings (SSSR count). The van der Waals surface area contributed by atoms with E-state index in [1.165, 1.54) is 11.1 Å². The Morgan fingerprint density at radius 2 is 1.81 bits per heavy atom. The number of hydrogen-bond acceptors (Lipinski definition) is 2. The fraction of sp³-hybridized carbons (Fsp3) is 0.278. The van der Waals surface area contributed by atoms with Crippen LogP contribution in [0.3, 0.4) is 0 Å². The fourth-order valence-corrected chi connectivity index (χ4v) is 2.67. The second-order valence-corrected chi connectivity index (χ2v) is 5.75.